The van der Waals surface area contributed by atoms with Crippen molar-refractivity contribution in [2.75, 3.05) is 0 Å². The summed E-state index contributed by atoms with van der Waals surface area (Å²) < 4.78 is 0. The number of hydrogen-bond acceptors (Lipinski definition) is 2. The molecule has 0 aromatic carbocycles. The van der Waals surface area contributed by atoms with Gasteiger partial charge in [-0.25, -0.2) is 0 Å². The molecule has 0 radical (unpaired) electrons. The molecule has 0 rings (SSSR count). The van der Waals surface area contributed by atoms with Crippen molar-refractivity contribution in [1.29, 1.82) is 0 Å². The van der Waals surface area contributed by atoms with Crippen LogP contribution < -0.4 is 5.32 Å². The van der Waals surface area contributed by atoms with Gasteiger partial charge >= 0.3 is 5.97 Å². The molecule has 0 aliphatic heterocycles. The summed E-state index contributed by atoms with van der Waals surface area (Å²) in [6, 6.07) is -0.796. The van der Waals surface area contributed by atoms with Crippen molar-refractivity contribution in [1.82, 2.24) is 5.32 Å². The molecule has 0 spiro atoms. The van der Waals surface area contributed by atoms with Crippen LogP contribution in [0, 0.1) is 0 Å². The Morgan fingerprint density at radius 3 is 1.84 bits per heavy atom. The maximum absolute atomic E-state index is 11.5. The van der Waals surface area contributed by atoms with Crippen LogP contribution in [0.3, 0.4) is 0 Å². The van der Waals surface area contributed by atoms with E-state index in [4.69, 9.17) is 5.11 Å². The number of aliphatic carboxylic acids is 1. The van der Waals surface area contributed by atoms with Gasteiger partial charge in [0.2, 0.25) is 5.91 Å². The second-order valence-corrected chi connectivity index (χ2v) is 6.96. The fraction of sp³-hybridized carbons (Fsp3) is 0.810. The van der Waals surface area contributed by atoms with E-state index in [1.165, 1.54) is 64.7 Å². The highest BCUT2D eigenvalue weighted by molar-refractivity contribution is 5.83. The summed E-state index contributed by atoms with van der Waals surface area (Å²) in [4.78, 5) is 22.1. The first-order valence-electron chi connectivity index (χ1n) is 10.2. The number of hydrogen-bond donors (Lipinski definition) is 2. The second-order valence-electron chi connectivity index (χ2n) is 6.96. The Labute approximate surface area is 154 Å². The largest absolute Gasteiger partial charge is 0.480 e. The molecule has 1 atom stereocenters. The van der Waals surface area contributed by atoms with E-state index in [9.17, 15) is 9.59 Å². The summed E-state index contributed by atoms with van der Waals surface area (Å²) in [5.41, 5.74) is 0. The SMILES string of the molecule is CCCCCCCC/C=C\CCCCCCCC(=O)NC(C)C(=O)O. The molecule has 0 aromatic rings. The van der Waals surface area contributed by atoms with Crippen molar-refractivity contribution < 1.29 is 14.7 Å². The Morgan fingerprint density at radius 2 is 1.32 bits per heavy atom. The van der Waals surface area contributed by atoms with Crippen LogP contribution >= 0.6 is 0 Å². The molecule has 0 fully saturated rings. The number of rotatable bonds is 17. The van der Waals surface area contributed by atoms with Crippen molar-refractivity contribution in [3.05, 3.63) is 12.2 Å². The van der Waals surface area contributed by atoms with Crippen LogP contribution in [0.25, 0.3) is 0 Å². The summed E-state index contributed by atoms with van der Waals surface area (Å²) in [7, 11) is 0. The lowest BCUT2D eigenvalue weighted by Crippen LogP contribution is -2.38. The standard InChI is InChI=1S/C21H39NO3/c1-3-4-5-6-7-8-9-10-11-12-13-14-15-16-17-18-20(23)22-19(2)21(24)25/h10-11,19H,3-9,12-18H2,1-2H3,(H,22,23)(H,24,25)/b11-10-. The first-order chi connectivity index (χ1) is 12.1. The molecule has 0 aliphatic rings. The number of allylic oxidation sites excluding steroid dienone is 2. The third-order valence-electron chi connectivity index (χ3n) is 4.41. The molecular weight excluding hydrogens is 314 g/mol. The van der Waals surface area contributed by atoms with Crippen LogP contribution in [0.1, 0.15) is 104 Å². The molecule has 4 nitrogen and oxygen atoms in total. The maximum atomic E-state index is 11.5. The highest BCUT2D eigenvalue weighted by Crippen LogP contribution is 2.10. The Balaban J connectivity index is 3.29. The number of nitrogens with one attached hydrogen (secondary N) is 1. The lowest BCUT2D eigenvalue weighted by molar-refractivity contribution is -0.141. The van der Waals surface area contributed by atoms with Gasteiger partial charge in [0.25, 0.3) is 0 Å². The summed E-state index contributed by atoms with van der Waals surface area (Å²) >= 11 is 0. The van der Waals surface area contributed by atoms with E-state index in [1.54, 1.807) is 0 Å². The van der Waals surface area contributed by atoms with Gasteiger partial charge in [-0.1, -0.05) is 70.4 Å². The lowest BCUT2D eigenvalue weighted by Gasteiger charge is -2.08. The lowest BCUT2D eigenvalue weighted by atomic mass is 10.1. The van der Waals surface area contributed by atoms with Gasteiger partial charge in [0, 0.05) is 6.42 Å². The summed E-state index contributed by atoms with van der Waals surface area (Å²) in [5, 5.41) is 11.2. The first kappa shape index (κ1) is 23.7. The smallest absolute Gasteiger partial charge is 0.325 e. The molecular formula is C21H39NO3. The highest BCUT2D eigenvalue weighted by atomic mass is 16.4. The van der Waals surface area contributed by atoms with E-state index < -0.39 is 12.0 Å². The second kappa shape index (κ2) is 17.5. The molecule has 25 heavy (non-hydrogen) atoms. The van der Waals surface area contributed by atoms with E-state index in [1.807, 2.05) is 0 Å². The monoisotopic (exact) mass is 353 g/mol. The zero-order chi connectivity index (χ0) is 18.8. The highest BCUT2D eigenvalue weighted by Gasteiger charge is 2.12. The van der Waals surface area contributed by atoms with Crippen LogP contribution in [0.5, 0.6) is 0 Å². The number of amides is 1. The third-order valence-corrected chi connectivity index (χ3v) is 4.41. The third kappa shape index (κ3) is 17.3. The molecule has 0 aromatic heterocycles. The molecule has 0 aliphatic carbocycles. The predicted octanol–water partition coefficient (Wildman–Crippen LogP) is 5.61. The molecule has 4 heteroatoms. The van der Waals surface area contributed by atoms with Gasteiger partial charge in [-0.2, -0.15) is 0 Å². The van der Waals surface area contributed by atoms with Crippen molar-refractivity contribution in [3.63, 3.8) is 0 Å². The molecule has 1 unspecified atom stereocenters. The van der Waals surface area contributed by atoms with Gasteiger partial charge in [-0.3, -0.25) is 9.59 Å². The van der Waals surface area contributed by atoms with Crippen LogP contribution in [0.15, 0.2) is 12.2 Å². The Bertz CT molecular complexity index is 366. The van der Waals surface area contributed by atoms with E-state index in [0.29, 0.717) is 6.42 Å². The van der Waals surface area contributed by atoms with Crippen LogP contribution in [0.4, 0.5) is 0 Å². The summed E-state index contributed by atoms with van der Waals surface area (Å²) in [6.45, 7) is 3.74. The Morgan fingerprint density at radius 1 is 0.840 bits per heavy atom. The predicted molar refractivity (Wildman–Crippen MR) is 105 cm³/mol. The Hall–Kier alpha value is -1.32. The van der Waals surface area contributed by atoms with E-state index in [-0.39, 0.29) is 5.91 Å². The zero-order valence-corrected chi connectivity index (χ0v) is 16.4. The minimum Gasteiger partial charge on any atom is -0.480 e. The fourth-order valence-corrected chi connectivity index (χ4v) is 2.73. The molecule has 146 valence electrons. The van der Waals surface area contributed by atoms with Gasteiger partial charge in [0.1, 0.15) is 6.04 Å². The number of carboxylic acid groups (broad SMARTS) is 1. The number of carbonyl (C=O) groups is 2. The molecule has 0 heterocycles. The van der Waals surface area contributed by atoms with Gasteiger partial charge in [-0.05, 0) is 39.0 Å². The van der Waals surface area contributed by atoms with E-state index in [0.717, 1.165) is 25.7 Å². The fourth-order valence-electron chi connectivity index (χ4n) is 2.73. The van der Waals surface area contributed by atoms with Crippen LogP contribution in [-0.2, 0) is 9.59 Å². The van der Waals surface area contributed by atoms with Crippen molar-refractivity contribution >= 4 is 11.9 Å². The van der Waals surface area contributed by atoms with Crippen LogP contribution in [0.2, 0.25) is 0 Å². The van der Waals surface area contributed by atoms with Crippen molar-refractivity contribution in [3.8, 4) is 0 Å². The quantitative estimate of drug-likeness (QED) is 0.264. The van der Waals surface area contributed by atoms with Crippen molar-refractivity contribution in [2.24, 2.45) is 0 Å². The molecule has 2 N–H and O–H groups in total. The maximum Gasteiger partial charge on any atom is 0.325 e. The van der Waals surface area contributed by atoms with E-state index in [2.05, 4.69) is 24.4 Å². The summed E-state index contributed by atoms with van der Waals surface area (Å²) in [5.74, 6) is -1.15. The Kier molecular flexibility index (Phi) is 16.6. The summed E-state index contributed by atoms with van der Waals surface area (Å²) in [6.07, 6.45) is 21.0. The van der Waals surface area contributed by atoms with E-state index >= 15 is 0 Å². The van der Waals surface area contributed by atoms with Gasteiger partial charge in [0.05, 0.1) is 0 Å². The van der Waals surface area contributed by atoms with Crippen molar-refractivity contribution in [2.45, 2.75) is 110 Å². The normalized spacial score (nSPS) is 12.4. The average Bonchev–Trinajstić information content (AvgIpc) is 2.58. The number of carboxylic acids is 1. The average molecular weight is 354 g/mol. The zero-order valence-electron chi connectivity index (χ0n) is 16.4. The number of carbonyl (C=O) groups excluding carboxylic acids is 1. The molecule has 0 saturated heterocycles. The van der Waals surface area contributed by atoms with Crippen LogP contribution in [-0.4, -0.2) is 23.0 Å². The van der Waals surface area contributed by atoms with Gasteiger partial charge in [-0.15, -0.1) is 0 Å². The first-order valence-corrected chi connectivity index (χ1v) is 10.2. The number of unbranched alkanes of at least 4 members (excludes halogenated alkanes) is 11. The minimum atomic E-state index is -0.988. The minimum absolute atomic E-state index is 0.160. The molecule has 0 bridgehead atoms. The molecule has 1 amide bonds. The molecule has 0 saturated carbocycles. The van der Waals surface area contributed by atoms with Gasteiger partial charge < -0.3 is 10.4 Å². The topological polar surface area (TPSA) is 66.4 Å². The van der Waals surface area contributed by atoms with Gasteiger partial charge in [0.15, 0.2) is 0 Å².